The van der Waals surface area contributed by atoms with Crippen LogP contribution in [0, 0.1) is 0 Å². The average Bonchev–Trinajstić information content (AvgIpc) is 3.65. The monoisotopic (exact) mass is 740 g/mol. The SMILES string of the molecule is C1=CC(c2cc(-c3ccccc3)cc(N(c3cccc(-c4cccc5c4c4c6ccccc6ccc4n5-c4ccccc4)c3)c3cccc4ccccc34)c2)=CCC1. The fourth-order valence-electron chi connectivity index (χ4n) is 9.10. The predicted molar refractivity (Wildman–Crippen MR) is 248 cm³/mol. The number of nitrogens with zero attached hydrogens (tertiary/aromatic N) is 2. The fraction of sp³-hybridized carbons (Fsp3) is 0.0357. The molecule has 10 aromatic rings. The van der Waals surface area contributed by atoms with Gasteiger partial charge < -0.3 is 9.47 Å². The number of aromatic nitrogens is 1. The number of anilines is 3. The molecule has 1 aliphatic rings. The fourth-order valence-corrected chi connectivity index (χ4v) is 9.10. The minimum Gasteiger partial charge on any atom is -0.310 e. The molecule has 2 heteroatoms. The summed E-state index contributed by atoms with van der Waals surface area (Å²) in [6.07, 6.45) is 9.10. The standard InChI is InChI=1S/C56H40N2/c1-4-17-39(18-5-1)44-35-45(40-19-6-2-7-20-40)38-48(37-44)57(52-31-15-23-41-21-10-12-28-49(41)52)47-27-14-24-43(36-47)51-30-16-32-53-56(51)55-50-29-13-11-22-42(50)33-34-54(55)58(53)46-25-8-3-9-26-46/h1,3-6,8-38H,2,7H2. The summed E-state index contributed by atoms with van der Waals surface area (Å²) in [5, 5.41) is 7.46. The van der Waals surface area contributed by atoms with Crippen molar-refractivity contribution >= 4 is 66.0 Å². The first-order valence-electron chi connectivity index (χ1n) is 20.2. The van der Waals surface area contributed by atoms with Crippen LogP contribution in [-0.4, -0.2) is 4.57 Å². The average molecular weight is 741 g/mol. The first-order valence-corrected chi connectivity index (χ1v) is 20.2. The van der Waals surface area contributed by atoms with Crippen LogP contribution < -0.4 is 4.90 Å². The highest BCUT2D eigenvalue weighted by Crippen LogP contribution is 2.45. The molecule has 1 aliphatic carbocycles. The summed E-state index contributed by atoms with van der Waals surface area (Å²) < 4.78 is 2.43. The molecule has 0 bridgehead atoms. The molecule has 9 aromatic carbocycles. The van der Waals surface area contributed by atoms with Gasteiger partial charge in [-0.1, -0.05) is 158 Å². The Bertz CT molecular complexity index is 3220. The van der Waals surface area contributed by atoms with Crippen LogP contribution in [0.3, 0.4) is 0 Å². The van der Waals surface area contributed by atoms with E-state index in [1.54, 1.807) is 0 Å². The van der Waals surface area contributed by atoms with Gasteiger partial charge in [-0.3, -0.25) is 0 Å². The maximum absolute atomic E-state index is 2.47. The lowest BCUT2D eigenvalue weighted by Gasteiger charge is -2.29. The van der Waals surface area contributed by atoms with Gasteiger partial charge in [0.15, 0.2) is 0 Å². The number of hydrogen-bond acceptors (Lipinski definition) is 1. The topological polar surface area (TPSA) is 8.17 Å². The first kappa shape index (κ1) is 33.9. The number of hydrogen-bond donors (Lipinski definition) is 0. The van der Waals surface area contributed by atoms with E-state index in [2.05, 4.69) is 228 Å². The first-order chi connectivity index (χ1) is 28.8. The molecule has 0 atom stereocenters. The van der Waals surface area contributed by atoms with Crippen LogP contribution in [-0.2, 0) is 0 Å². The van der Waals surface area contributed by atoms with Crippen LogP contribution in [0.5, 0.6) is 0 Å². The quantitative estimate of drug-likeness (QED) is 0.158. The minimum absolute atomic E-state index is 1.05. The molecule has 274 valence electrons. The van der Waals surface area contributed by atoms with Crippen molar-refractivity contribution < 1.29 is 0 Å². The van der Waals surface area contributed by atoms with Crippen molar-refractivity contribution in [2.75, 3.05) is 4.90 Å². The number of fused-ring (bicyclic) bond motifs is 6. The van der Waals surface area contributed by atoms with E-state index >= 15 is 0 Å². The predicted octanol–water partition coefficient (Wildman–Crippen LogP) is 15.6. The molecule has 0 amide bonds. The molecule has 0 aliphatic heterocycles. The van der Waals surface area contributed by atoms with E-state index in [1.165, 1.54) is 76.7 Å². The Morgan fingerprint density at radius 3 is 1.90 bits per heavy atom. The number of allylic oxidation sites excluding steroid dienone is 4. The molecule has 0 radical (unpaired) electrons. The lowest BCUT2D eigenvalue weighted by atomic mass is 9.94. The van der Waals surface area contributed by atoms with Crippen molar-refractivity contribution in [1.29, 1.82) is 0 Å². The zero-order valence-electron chi connectivity index (χ0n) is 32.1. The van der Waals surface area contributed by atoms with Crippen LogP contribution in [0.1, 0.15) is 18.4 Å². The van der Waals surface area contributed by atoms with Crippen molar-refractivity contribution in [3.63, 3.8) is 0 Å². The van der Waals surface area contributed by atoms with E-state index in [4.69, 9.17) is 0 Å². The van der Waals surface area contributed by atoms with Crippen molar-refractivity contribution in [2.45, 2.75) is 12.8 Å². The van der Waals surface area contributed by atoms with Crippen LogP contribution in [0.25, 0.3) is 76.9 Å². The largest absolute Gasteiger partial charge is 0.310 e. The van der Waals surface area contributed by atoms with Gasteiger partial charge in [0.25, 0.3) is 0 Å². The van der Waals surface area contributed by atoms with Gasteiger partial charge in [-0.25, -0.2) is 0 Å². The maximum Gasteiger partial charge on any atom is 0.0547 e. The Morgan fingerprint density at radius 1 is 0.414 bits per heavy atom. The maximum atomic E-state index is 2.47. The molecule has 1 heterocycles. The van der Waals surface area contributed by atoms with E-state index in [0.717, 1.165) is 35.6 Å². The molecule has 1 aromatic heterocycles. The number of para-hydroxylation sites is 1. The molecule has 0 N–H and O–H groups in total. The second-order valence-electron chi connectivity index (χ2n) is 15.2. The van der Waals surface area contributed by atoms with E-state index in [0.29, 0.717) is 0 Å². The lowest BCUT2D eigenvalue weighted by molar-refractivity contribution is 1.04. The summed E-state index contributed by atoms with van der Waals surface area (Å²) >= 11 is 0. The van der Waals surface area contributed by atoms with Gasteiger partial charge in [-0.15, -0.1) is 0 Å². The van der Waals surface area contributed by atoms with E-state index < -0.39 is 0 Å². The van der Waals surface area contributed by atoms with Crippen molar-refractivity contribution in [2.24, 2.45) is 0 Å². The molecule has 0 spiro atoms. The Morgan fingerprint density at radius 2 is 1.07 bits per heavy atom. The Balaban J connectivity index is 1.18. The highest BCUT2D eigenvalue weighted by atomic mass is 15.1. The van der Waals surface area contributed by atoms with E-state index in [-0.39, 0.29) is 0 Å². The van der Waals surface area contributed by atoms with Crippen molar-refractivity contribution in [3.8, 4) is 27.9 Å². The molecule has 11 rings (SSSR count). The molecular formula is C56H40N2. The van der Waals surface area contributed by atoms with Gasteiger partial charge in [0.2, 0.25) is 0 Å². The van der Waals surface area contributed by atoms with Gasteiger partial charge in [0.1, 0.15) is 0 Å². The number of benzene rings is 9. The van der Waals surface area contributed by atoms with Gasteiger partial charge in [0.05, 0.1) is 16.7 Å². The van der Waals surface area contributed by atoms with Crippen LogP contribution in [0.15, 0.2) is 218 Å². The second-order valence-corrected chi connectivity index (χ2v) is 15.2. The Kier molecular flexibility index (Phi) is 8.33. The summed E-state index contributed by atoms with van der Waals surface area (Å²) in [7, 11) is 0. The molecule has 0 unspecified atom stereocenters. The van der Waals surface area contributed by atoms with Crippen molar-refractivity contribution in [1.82, 2.24) is 4.57 Å². The normalized spacial score (nSPS) is 12.7. The van der Waals surface area contributed by atoms with E-state index in [1.807, 2.05) is 0 Å². The minimum atomic E-state index is 1.05. The zero-order valence-corrected chi connectivity index (χ0v) is 32.1. The molecular weight excluding hydrogens is 701 g/mol. The third kappa shape index (κ3) is 5.81. The summed E-state index contributed by atoms with van der Waals surface area (Å²) in [5.41, 5.74) is 14.2. The third-order valence-corrected chi connectivity index (χ3v) is 11.7. The molecule has 0 saturated carbocycles. The lowest BCUT2D eigenvalue weighted by Crippen LogP contribution is -2.11. The van der Waals surface area contributed by atoms with Crippen LogP contribution in [0.4, 0.5) is 17.1 Å². The highest BCUT2D eigenvalue weighted by molar-refractivity contribution is 6.25. The third-order valence-electron chi connectivity index (χ3n) is 11.7. The van der Waals surface area contributed by atoms with Gasteiger partial charge >= 0.3 is 0 Å². The summed E-state index contributed by atoms with van der Waals surface area (Å²) in [5.74, 6) is 0. The highest BCUT2D eigenvalue weighted by Gasteiger charge is 2.21. The molecule has 2 nitrogen and oxygen atoms in total. The second kappa shape index (κ2) is 14.3. The number of rotatable bonds is 7. The Labute approximate surface area is 338 Å². The summed E-state index contributed by atoms with van der Waals surface area (Å²) in [6, 6.07) is 73.4. The van der Waals surface area contributed by atoms with Crippen molar-refractivity contribution in [3.05, 3.63) is 224 Å². The van der Waals surface area contributed by atoms with Gasteiger partial charge in [0, 0.05) is 33.2 Å². The van der Waals surface area contributed by atoms with Gasteiger partial charge in [-0.05, 0) is 123 Å². The molecule has 0 saturated heterocycles. The van der Waals surface area contributed by atoms with E-state index in [9.17, 15) is 0 Å². The Hall–Kier alpha value is -7.42. The smallest absolute Gasteiger partial charge is 0.0547 e. The van der Waals surface area contributed by atoms with Crippen LogP contribution in [0.2, 0.25) is 0 Å². The molecule has 58 heavy (non-hydrogen) atoms. The zero-order chi connectivity index (χ0) is 38.4. The van der Waals surface area contributed by atoms with Crippen LogP contribution >= 0.6 is 0 Å². The summed E-state index contributed by atoms with van der Waals surface area (Å²) in [4.78, 5) is 2.47. The molecule has 0 fully saturated rings. The van der Waals surface area contributed by atoms with Gasteiger partial charge in [-0.2, -0.15) is 0 Å². The summed E-state index contributed by atoms with van der Waals surface area (Å²) in [6.45, 7) is 0.